The molecule has 0 aliphatic carbocycles. The molecule has 0 spiro atoms. The number of nitrogens with two attached hydrogens (primary N) is 2. The van der Waals surface area contributed by atoms with Crippen molar-refractivity contribution in [2.45, 2.75) is 6.42 Å². The lowest BCUT2D eigenvalue weighted by Crippen LogP contribution is -2.04. The highest BCUT2D eigenvalue weighted by molar-refractivity contribution is 5.51. The van der Waals surface area contributed by atoms with Crippen molar-refractivity contribution in [3.05, 3.63) is 23.8 Å². The van der Waals surface area contributed by atoms with Crippen LogP contribution in [0.4, 0.5) is 5.69 Å². The molecule has 1 aromatic carbocycles. The van der Waals surface area contributed by atoms with Crippen LogP contribution in [-0.4, -0.2) is 11.7 Å². The first-order chi connectivity index (χ1) is 5.24. The van der Waals surface area contributed by atoms with Crippen molar-refractivity contribution in [1.82, 2.24) is 0 Å². The summed E-state index contributed by atoms with van der Waals surface area (Å²) in [5.41, 5.74) is 12.5. The molecule has 0 aromatic heterocycles. The third-order valence-corrected chi connectivity index (χ3v) is 1.54. The Morgan fingerprint density at radius 2 is 2.09 bits per heavy atom. The number of phenols is 1. The van der Waals surface area contributed by atoms with Gasteiger partial charge in [-0.1, -0.05) is 6.07 Å². The lowest BCUT2D eigenvalue weighted by Gasteiger charge is -2.03. The molecular weight excluding hydrogens is 140 g/mol. The first-order valence-corrected chi connectivity index (χ1v) is 3.51. The molecule has 3 nitrogen and oxygen atoms in total. The standard InChI is InChI=1S/C8H12N2O/c9-4-3-6-1-2-7(11)5-8(6)10/h1-2,5,11H,3-4,9-10H2. The molecule has 3 heteroatoms. The SMILES string of the molecule is NCCc1ccc(O)cc1N. The smallest absolute Gasteiger partial charge is 0.117 e. The molecule has 0 saturated heterocycles. The van der Waals surface area contributed by atoms with E-state index in [4.69, 9.17) is 16.6 Å². The number of benzene rings is 1. The van der Waals surface area contributed by atoms with Crippen LogP contribution >= 0.6 is 0 Å². The van der Waals surface area contributed by atoms with Crippen LogP contribution in [-0.2, 0) is 6.42 Å². The fourth-order valence-electron chi connectivity index (χ4n) is 0.966. The van der Waals surface area contributed by atoms with Gasteiger partial charge in [-0.15, -0.1) is 0 Å². The van der Waals surface area contributed by atoms with E-state index in [1.54, 1.807) is 12.1 Å². The van der Waals surface area contributed by atoms with Crippen LogP contribution in [0.1, 0.15) is 5.56 Å². The molecule has 0 unspecified atom stereocenters. The molecule has 0 bridgehead atoms. The minimum absolute atomic E-state index is 0.197. The van der Waals surface area contributed by atoms with Crippen LogP contribution in [0.15, 0.2) is 18.2 Å². The Labute approximate surface area is 65.6 Å². The predicted octanol–water partition coefficient (Wildman–Crippen LogP) is 0.476. The molecule has 1 aromatic rings. The summed E-state index contributed by atoms with van der Waals surface area (Å²) < 4.78 is 0. The fourth-order valence-corrected chi connectivity index (χ4v) is 0.966. The van der Waals surface area contributed by atoms with Gasteiger partial charge in [0.1, 0.15) is 5.75 Å². The summed E-state index contributed by atoms with van der Waals surface area (Å²) in [5.74, 6) is 0.197. The van der Waals surface area contributed by atoms with Crippen LogP contribution in [0.2, 0.25) is 0 Å². The monoisotopic (exact) mass is 152 g/mol. The molecule has 0 atom stereocenters. The van der Waals surface area contributed by atoms with Crippen LogP contribution in [0.5, 0.6) is 5.75 Å². The van der Waals surface area contributed by atoms with Crippen molar-refractivity contribution >= 4 is 5.69 Å². The Balaban J connectivity index is 2.90. The molecule has 0 heterocycles. The Bertz CT molecular complexity index is 248. The lowest BCUT2D eigenvalue weighted by atomic mass is 10.1. The fraction of sp³-hybridized carbons (Fsp3) is 0.250. The zero-order chi connectivity index (χ0) is 8.27. The van der Waals surface area contributed by atoms with Gasteiger partial charge < -0.3 is 16.6 Å². The number of phenolic OH excluding ortho intramolecular Hbond substituents is 1. The highest BCUT2D eigenvalue weighted by Crippen LogP contribution is 2.18. The first-order valence-electron chi connectivity index (χ1n) is 3.51. The van der Waals surface area contributed by atoms with Crippen molar-refractivity contribution in [2.75, 3.05) is 12.3 Å². The topological polar surface area (TPSA) is 72.3 Å². The summed E-state index contributed by atoms with van der Waals surface area (Å²) in [6.45, 7) is 0.578. The Kier molecular flexibility index (Phi) is 2.33. The van der Waals surface area contributed by atoms with Crippen LogP contribution in [0, 0.1) is 0 Å². The third-order valence-electron chi connectivity index (χ3n) is 1.54. The van der Waals surface area contributed by atoms with Gasteiger partial charge in [-0.25, -0.2) is 0 Å². The maximum Gasteiger partial charge on any atom is 0.117 e. The second-order valence-electron chi connectivity index (χ2n) is 2.42. The minimum Gasteiger partial charge on any atom is -0.508 e. The van der Waals surface area contributed by atoms with Crippen molar-refractivity contribution in [1.29, 1.82) is 0 Å². The summed E-state index contributed by atoms with van der Waals surface area (Å²) in [4.78, 5) is 0. The van der Waals surface area contributed by atoms with Crippen LogP contribution < -0.4 is 11.5 Å². The molecule has 0 radical (unpaired) electrons. The molecule has 0 aliphatic rings. The Morgan fingerprint density at radius 1 is 1.36 bits per heavy atom. The van der Waals surface area contributed by atoms with E-state index in [0.29, 0.717) is 12.2 Å². The average Bonchev–Trinajstić information content (AvgIpc) is 1.95. The molecule has 5 N–H and O–H groups in total. The number of hydrogen-bond donors (Lipinski definition) is 3. The van der Waals surface area contributed by atoms with Gasteiger partial charge in [0.15, 0.2) is 0 Å². The summed E-state index contributed by atoms with van der Waals surface area (Å²) in [5, 5.41) is 8.99. The maximum absolute atomic E-state index is 8.99. The molecular formula is C8H12N2O. The molecule has 11 heavy (non-hydrogen) atoms. The number of hydrogen-bond acceptors (Lipinski definition) is 3. The van der Waals surface area contributed by atoms with E-state index in [0.717, 1.165) is 12.0 Å². The lowest BCUT2D eigenvalue weighted by molar-refractivity contribution is 0.475. The van der Waals surface area contributed by atoms with Gasteiger partial charge >= 0.3 is 0 Å². The van der Waals surface area contributed by atoms with E-state index >= 15 is 0 Å². The van der Waals surface area contributed by atoms with Gasteiger partial charge in [-0.05, 0) is 24.6 Å². The van der Waals surface area contributed by atoms with E-state index in [1.165, 1.54) is 6.07 Å². The average molecular weight is 152 g/mol. The number of anilines is 1. The zero-order valence-electron chi connectivity index (χ0n) is 6.25. The Hall–Kier alpha value is -1.22. The maximum atomic E-state index is 8.99. The van der Waals surface area contributed by atoms with E-state index < -0.39 is 0 Å². The molecule has 0 aliphatic heterocycles. The summed E-state index contributed by atoms with van der Waals surface area (Å²) in [6.07, 6.45) is 0.756. The zero-order valence-corrected chi connectivity index (χ0v) is 6.25. The first kappa shape index (κ1) is 7.88. The molecule has 0 fully saturated rings. The summed E-state index contributed by atoms with van der Waals surface area (Å²) in [6, 6.07) is 4.93. The normalized spacial score (nSPS) is 9.91. The van der Waals surface area contributed by atoms with E-state index in [2.05, 4.69) is 0 Å². The van der Waals surface area contributed by atoms with E-state index in [9.17, 15) is 0 Å². The molecule has 0 amide bonds. The second-order valence-corrected chi connectivity index (χ2v) is 2.42. The molecule has 1 rings (SSSR count). The highest BCUT2D eigenvalue weighted by atomic mass is 16.3. The largest absolute Gasteiger partial charge is 0.508 e. The van der Waals surface area contributed by atoms with E-state index in [1.807, 2.05) is 0 Å². The number of nitrogen functional groups attached to an aromatic ring is 1. The van der Waals surface area contributed by atoms with Crippen LogP contribution in [0.3, 0.4) is 0 Å². The van der Waals surface area contributed by atoms with Crippen molar-refractivity contribution in [3.8, 4) is 5.75 Å². The van der Waals surface area contributed by atoms with E-state index in [-0.39, 0.29) is 5.75 Å². The van der Waals surface area contributed by atoms with Gasteiger partial charge in [-0.3, -0.25) is 0 Å². The van der Waals surface area contributed by atoms with Gasteiger partial charge in [-0.2, -0.15) is 0 Å². The number of aromatic hydroxyl groups is 1. The highest BCUT2D eigenvalue weighted by Gasteiger charge is 1.97. The third kappa shape index (κ3) is 1.85. The van der Waals surface area contributed by atoms with Crippen molar-refractivity contribution < 1.29 is 5.11 Å². The van der Waals surface area contributed by atoms with Gasteiger partial charge in [0.05, 0.1) is 0 Å². The summed E-state index contributed by atoms with van der Waals surface area (Å²) in [7, 11) is 0. The second kappa shape index (κ2) is 3.25. The predicted molar refractivity (Wildman–Crippen MR) is 45.3 cm³/mol. The molecule has 60 valence electrons. The Morgan fingerprint density at radius 3 is 2.64 bits per heavy atom. The summed E-state index contributed by atoms with van der Waals surface area (Å²) >= 11 is 0. The van der Waals surface area contributed by atoms with Gasteiger partial charge in [0.25, 0.3) is 0 Å². The molecule has 0 saturated carbocycles. The quantitative estimate of drug-likeness (QED) is 0.539. The van der Waals surface area contributed by atoms with Crippen molar-refractivity contribution in [3.63, 3.8) is 0 Å². The van der Waals surface area contributed by atoms with Crippen LogP contribution in [0.25, 0.3) is 0 Å². The minimum atomic E-state index is 0.197. The van der Waals surface area contributed by atoms with Gasteiger partial charge in [0, 0.05) is 11.8 Å². The number of rotatable bonds is 2. The van der Waals surface area contributed by atoms with Crippen molar-refractivity contribution in [2.24, 2.45) is 5.73 Å². The van der Waals surface area contributed by atoms with Gasteiger partial charge in [0.2, 0.25) is 0 Å².